The van der Waals surface area contributed by atoms with Crippen LogP contribution in [-0.2, 0) is 4.79 Å². The molecule has 1 amide bonds. The molecule has 1 fully saturated rings. The number of hydrogen-bond donors (Lipinski definition) is 1. The minimum atomic E-state index is -0.662. The van der Waals surface area contributed by atoms with Crippen molar-refractivity contribution in [1.82, 2.24) is 0 Å². The second-order valence-electron chi connectivity index (χ2n) is 3.97. The number of aliphatic hydroxyl groups is 1. The van der Waals surface area contributed by atoms with Crippen LogP contribution in [0.5, 0.6) is 0 Å². The van der Waals surface area contributed by atoms with E-state index in [2.05, 4.69) is 15.9 Å². The van der Waals surface area contributed by atoms with E-state index in [0.717, 1.165) is 12.1 Å². The van der Waals surface area contributed by atoms with Crippen LogP contribution in [0.4, 0.5) is 14.5 Å². The molecular weight excluding hydrogens is 296 g/mol. The van der Waals surface area contributed by atoms with Crippen molar-refractivity contribution in [1.29, 1.82) is 0 Å². The number of amides is 1. The van der Waals surface area contributed by atoms with Crippen LogP contribution in [0.2, 0.25) is 0 Å². The topological polar surface area (TPSA) is 40.5 Å². The Balaban J connectivity index is 2.35. The first-order valence-corrected chi connectivity index (χ1v) is 5.88. The largest absolute Gasteiger partial charge is 0.396 e. The van der Waals surface area contributed by atoms with E-state index in [0.29, 0.717) is 0 Å². The summed E-state index contributed by atoms with van der Waals surface area (Å²) in [6.45, 7) is 0.0796. The van der Waals surface area contributed by atoms with Gasteiger partial charge < -0.3 is 10.0 Å². The quantitative estimate of drug-likeness (QED) is 0.850. The van der Waals surface area contributed by atoms with E-state index in [9.17, 15) is 13.6 Å². The first kappa shape index (κ1) is 12.4. The fourth-order valence-electron chi connectivity index (χ4n) is 1.86. The summed E-state index contributed by atoms with van der Waals surface area (Å²) >= 11 is 2.87. The van der Waals surface area contributed by atoms with E-state index in [-0.39, 0.29) is 41.6 Å². The summed E-state index contributed by atoms with van der Waals surface area (Å²) in [7, 11) is 0. The van der Waals surface area contributed by atoms with Gasteiger partial charge in [0.1, 0.15) is 11.6 Å². The molecule has 0 spiro atoms. The van der Waals surface area contributed by atoms with Crippen molar-refractivity contribution in [3.8, 4) is 0 Å². The van der Waals surface area contributed by atoms with Gasteiger partial charge in [-0.2, -0.15) is 0 Å². The van der Waals surface area contributed by atoms with Gasteiger partial charge in [-0.05, 0) is 22.0 Å². The Morgan fingerprint density at radius 3 is 2.71 bits per heavy atom. The Kier molecular flexibility index (Phi) is 3.44. The fourth-order valence-corrected chi connectivity index (χ4v) is 2.17. The summed E-state index contributed by atoms with van der Waals surface area (Å²) in [6.07, 6.45) is 0.160. The highest BCUT2D eigenvalue weighted by Gasteiger charge is 2.32. The molecule has 1 unspecified atom stereocenters. The summed E-state index contributed by atoms with van der Waals surface area (Å²) in [5, 5.41) is 8.96. The molecule has 17 heavy (non-hydrogen) atoms. The zero-order valence-corrected chi connectivity index (χ0v) is 10.4. The highest BCUT2D eigenvalue weighted by Crippen LogP contribution is 2.30. The second kappa shape index (κ2) is 4.70. The number of carbonyl (C=O) groups excluding carboxylic acids is 1. The lowest BCUT2D eigenvalue weighted by molar-refractivity contribution is -0.117. The van der Waals surface area contributed by atoms with Gasteiger partial charge in [0.25, 0.3) is 0 Å². The Morgan fingerprint density at radius 2 is 2.12 bits per heavy atom. The van der Waals surface area contributed by atoms with Crippen molar-refractivity contribution in [2.45, 2.75) is 6.42 Å². The van der Waals surface area contributed by atoms with Gasteiger partial charge >= 0.3 is 0 Å². The van der Waals surface area contributed by atoms with E-state index in [1.807, 2.05) is 0 Å². The number of aliphatic hydroxyl groups excluding tert-OH is 1. The highest BCUT2D eigenvalue weighted by atomic mass is 79.9. The van der Waals surface area contributed by atoms with Crippen LogP contribution in [0.15, 0.2) is 16.6 Å². The lowest BCUT2D eigenvalue weighted by Crippen LogP contribution is -2.26. The van der Waals surface area contributed by atoms with Crippen molar-refractivity contribution in [2.24, 2.45) is 5.92 Å². The van der Waals surface area contributed by atoms with Gasteiger partial charge in [0.2, 0.25) is 5.91 Å². The predicted molar refractivity (Wildman–Crippen MR) is 61.6 cm³/mol. The fraction of sp³-hybridized carbons (Fsp3) is 0.364. The number of halogens is 3. The average Bonchev–Trinajstić information content (AvgIpc) is 2.65. The van der Waals surface area contributed by atoms with E-state index < -0.39 is 11.6 Å². The van der Waals surface area contributed by atoms with Gasteiger partial charge in [0.15, 0.2) is 0 Å². The van der Waals surface area contributed by atoms with Gasteiger partial charge in [-0.3, -0.25) is 4.79 Å². The summed E-state index contributed by atoms with van der Waals surface area (Å²) in [4.78, 5) is 12.8. The minimum Gasteiger partial charge on any atom is -0.396 e. The molecule has 1 heterocycles. The molecule has 1 aromatic carbocycles. The standard InChI is InChI=1S/C11H10BrF2NO2/c12-7-2-9(14)10(3-8(7)13)15-4-6(5-16)1-11(15)17/h2-3,6,16H,1,4-5H2. The van der Waals surface area contributed by atoms with Crippen LogP contribution in [0.25, 0.3) is 0 Å². The Morgan fingerprint density at radius 1 is 1.41 bits per heavy atom. The number of benzene rings is 1. The van der Waals surface area contributed by atoms with Crippen molar-refractivity contribution in [2.75, 3.05) is 18.1 Å². The van der Waals surface area contributed by atoms with Gasteiger partial charge in [-0.15, -0.1) is 0 Å². The summed E-state index contributed by atoms with van der Waals surface area (Å²) < 4.78 is 27.0. The average molecular weight is 306 g/mol. The van der Waals surface area contributed by atoms with Crippen LogP contribution in [0, 0.1) is 17.6 Å². The molecule has 1 aliphatic heterocycles. The second-order valence-corrected chi connectivity index (χ2v) is 4.83. The molecule has 0 aliphatic carbocycles. The van der Waals surface area contributed by atoms with Gasteiger partial charge in [-0.25, -0.2) is 8.78 Å². The number of anilines is 1. The number of carbonyl (C=O) groups is 1. The maximum absolute atomic E-state index is 13.6. The van der Waals surface area contributed by atoms with Crippen LogP contribution < -0.4 is 4.90 Å². The van der Waals surface area contributed by atoms with Gasteiger partial charge in [-0.1, -0.05) is 0 Å². The molecule has 3 nitrogen and oxygen atoms in total. The molecule has 92 valence electrons. The zero-order chi connectivity index (χ0) is 12.6. The van der Waals surface area contributed by atoms with E-state index in [1.54, 1.807) is 0 Å². The Hall–Kier alpha value is -1.01. The summed E-state index contributed by atoms with van der Waals surface area (Å²) in [6, 6.07) is 1.97. The molecule has 2 rings (SSSR count). The number of rotatable bonds is 2. The Labute approximate surface area is 105 Å². The lowest BCUT2D eigenvalue weighted by atomic mass is 10.1. The maximum atomic E-state index is 13.6. The van der Waals surface area contributed by atoms with Crippen LogP contribution in [0.1, 0.15) is 6.42 Å². The zero-order valence-electron chi connectivity index (χ0n) is 8.79. The first-order chi connectivity index (χ1) is 8.02. The SMILES string of the molecule is O=C1CC(CO)CN1c1cc(F)c(Br)cc1F. The third kappa shape index (κ3) is 2.32. The first-order valence-electron chi connectivity index (χ1n) is 5.08. The number of hydrogen-bond acceptors (Lipinski definition) is 2. The monoisotopic (exact) mass is 305 g/mol. The molecule has 1 atom stereocenters. The predicted octanol–water partition coefficient (Wildman–Crippen LogP) is 2.07. The molecule has 1 saturated heterocycles. The van der Waals surface area contributed by atoms with Crippen LogP contribution in [0.3, 0.4) is 0 Å². The van der Waals surface area contributed by atoms with Crippen molar-refractivity contribution >= 4 is 27.5 Å². The Bertz CT molecular complexity index is 467. The van der Waals surface area contributed by atoms with E-state index in [1.165, 1.54) is 4.90 Å². The van der Waals surface area contributed by atoms with E-state index in [4.69, 9.17) is 5.11 Å². The molecular formula is C11H10BrF2NO2. The molecule has 1 N–H and O–H groups in total. The van der Waals surface area contributed by atoms with Crippen molar-refractivity contribution in [3.05, 3.63) is 28.2 Å². The normalized spacial score (nSPS) is 20.1. The van der Waals surface area contributed by atoms with E-state index >= 15 is 0 Å². The molecule has 0 aromatic heterocycles. The molecule has 0 bridgehead atoms. The van der Waals surface area contributed by atoms with Crippen molar-refractivity contribution < 1.29 is 18.7 Å². The third-order valence-electron chi connectivity index (χ3n) is 2.74. The molecule has 1 aliphatic rings. The van der Waals surface area contributed by atoms with Gasteiger partial charge in [0, 0.05) is 31.6 Å². The maximum Gasteiger partial charge on any atom is 0.227 e. The molecule has 0 radical (unpaired) electrons. The van der Waals surface area contributed by atoms with Gasteiger partial charge in [0.05, 0.1) is 10.2 Å². The summed E-state index contributed by atoms with van der Waals surface area (Å²) in [5.74, 6) is -1.80. The minimum absolute atomic E-state index is 0.0177. The molecule has 6 heteroatoms. The smallest absolute Gasteiger partial charge is 0.227 e. The lowest BCUT2D eigenvalue weighted by Gasteiger charge is -2.17. The highest BCUT2D eigenvalue weighted by molar-refractivity contribution is 9.10. The number of nitrogens with zero attached hydrogens (tertiary/aromatic N) is 1. The molecule has 1 aromatic rings. The summed E-state index contributed by atoms with van der Waals surface area (Å²) in [5.41, 5.74) is -0.0772. The van der Waals surface area contributed by atoms with Crippen LogP contribution in [-0.4, -0.2) is 24.2 Å². The van der Waals surface area contributed by atoms with Crippen LogP contribution >= 0.6 is 15.9 Å². The molecule has 0 saturated carbocycles. The third-order valence-corrected chi connectivity index (χ3v) is 3.35. The van der Waals surface area contributed by atoms with Crippen molar-refractivity contribution in [3.63, 3.8) is 0 Å².